The van der Waals surface area contributed by atoms with E-state index in [1.807, 2.05) is 0 Å². The molecule has 1 aromatic heterocycles. The highest BCUT2D eigenvalue weighted by Crippen LogP contribution is 2.40. The van der Waals surface area contributed by atoms with Crippen LogP contribution in [0.3, 0.4) is 0 Å². The Kier molecular flexibility index (Phi) is 8.66. The quantitative estimate of drug-likeness (QED) is 0.606. The number of nitrogens with zero attached hydrogens (tertiary/aromatic N) is 3. The van der Waals surface area contributed by atoms with E-state index in [4.69, 9.17) is 9.47 Å². The zero-order chi connectivity index (χ0) is 23.2. The summed E-state index contributed by atoms with van der Waals surface area (Å²) in [5.74, 6) is -1.74. The van der Waals surface area contributed by atoms with E-state index in [-0.39, 0.29) is 26.2 Å². The van der Waals surface area contributed by atoms with E-state index in [1.54, 1.807) is 20.8 Å². The van der Waals surface area contributed by atoms with Crippen LogP contribution < -0.4 is 5.32 Å². The van der Waals surface area contributed by atoms with Crippen LogP contribution >= 0.6 is 0 Å². The van der Waals surface area contributed by atoms with Crippen LogP contribution in [0.5, 0.6) is 0 Å². The topological polar surface area (TPSA) is 106 Å². The molecule has 1 atom stereocenters. The van der Waals surface area contributed by atoms with Crippen molar-refractivity contribution in [1.29, 1.82) is 0 Å². The first-order valence-corrected chi connectivity index (χ1v) is 9.21. The number of hydrogen-bond acceptors (Lipinski definition) is 6. The number of aliphatic hydroxyl groups is 1. The lowest BCUT2D eigenvalue weighted by atomic mass is 9.97. The minimum atomic E-state index is -5.12. The molecular formula is C18H29F3N4O5. The van der Waals surface area contributed by atoms with Crippen molar-refractivity contribution in [3.05, 3.63) is 18.2 Å². The van der Waals surface area contributed by atoms with Gasteiger partial charge in [-0.2, -0.15) is 13.2 Å². The van der Waals surface area contributed by atoms with Crippen LogP contribution in [0.1, 0.15) is 33.0 Å². The normalized spacial score (nSPS) is 14.2. The second kappa shape index (κ2) is 10.1. The molecule has 0 aliphatic carbocycles. The summed E-state index contributed by atoms with van der Waals surface area (Å²) in [5.41, 5.74) is -4.19. The number of aromatic nitrogens is 2. The van der Waals surface area contributed by atoms with Gasteiger partial charge in [0, 0.05) is 46.2 Å². The van der Waals surface area contributed by atoms with Gasteiger partial charge in [0.2, 0.25) is 11.5 Å². The number of carbonyl (C=O) groups excluding carboxylic acids is 2. The summed E-state index contributed by atoms with van der Waals surface area (Å²) in [6.07, 6.45) is -4.71. The number of hydrogen-bond donors (Lipinski definition) is 2. The number of carbonyl (C=O) groups is 2. The number of aryl methyl sites for hydroxylation is 1. The van der Waals surface area contributed by atoms with Crippen molar-refractivity contribution >= 4 is 12.0 Å². The molecule has 172 valence electrons. The van der Waals surface area contributed by atoms with Gasteiger partial charge in [-0.15, -0.1) is 0 Å². The van der Waals surface area contributed by atoms with Gasteiger partial charge in [0.15, 0.2) is 5.82 Å². The van der Waals surface area contributed by atoms with Crippen molar-refractivity contribution in [2.24, 2.45) is 7.05 Å². The molecule has 0 saturated heterocycles. The van der Waals surface area contributed by atoms with E-state index in [0.717, 1.165) is 10.8 Å². The third-order valence-electron chi connectivity index (χ3n) is 4.00. The van der Waals surface area contributed by atoms with Gasteiger partial charge in [0.1, 0.15) is 5.60 Å². The van der Waals surface area contributed by atoms with Gasteiger partial charge in [-0.3, -0.25) is 4.79 Å². The molecular weight excluding hydrogens is 409 g/mol. The third kappa shape index (κ3) is 7.17. The van der Waals surface area contributed by atoms with Crippen LogP contribution in [0.25, 0.3) is 0 Å². The lowest BCUT2D eigenvalue weighted by Crippen LogP contribution is -2.49. The Morgan fingerprint density at radius 3 is 2.37 bits per heavy atom. The summed E-state index contributed by atoms with van der Waals surface area (Å²) >= 11 is 0. The molecule has 0 aliphatic rings. The minimum absolute atomic E-state index is 0.0170. The van der Waals surface area contributed by atoms with Crippen molar-refractivity contribution in [2.75, 3.05) is 33.4 Å². The molecule has 0 radical (unpaired) electrons. The average Bonchev–Trinajstić information content (AvgIpc) is 3.01. The van der Waals surface area contributed by atoms with Crippen LogP contribution in [-0.4, -0.2) is 76.7 Å². The van der Waals surface area contributed by atoms with Crippen molar-refractivity contribution in [1.82, 2.24) is 19.8 Å². The smallest absolute Gasteiger partial charge is 0.425 e. The van der Waals surface area contributed by atoms with Crippen molar-refractivity contribution in [2.45, 2.75) is 44.6 Å². The first-order valence-electron chi connectivity index (χ1n) is 9.21. The molecule has 30 heavy (non-hydrogen) atoms. The Balaban J connectivity index is 2.76. The van der Waals surface area contributed by atoms with E-state index >= 15 is 0 Å². The van der Waals surface area contributed by atoms with Crippen LogP contribution in [-0.2, 0) is 26.9 Å². The summed E-state index contributed by atoms with van der Waals surface area (Å²) in [7, 11) is 2.73. The highest BCUT2D eigenvalue weighted by Gasteiger charge is 2.58. The number of halogens is 3. The Bertz CT molecular complexity index is 717. The van der Waals surface area contributed by atoms with Crippen molar-refractivity contribution in [3.8, 4) is 0 Å². The standard InChI is InChI=1S/C18H29F3N4O5/c1-16(2,3)30-15(27)25(10-11-29-5)9-7-22-13(26)12-17(28,18(19,20)21)14-23-6-8-24(14)4/h6,8,28H,7,9-12H2,1-5H3,(H,22,26)/t17-/m1/s1. The monoisotopic (exact) mass is 438 g/mol. The fraction of sp³-hybridized carbons (Fsp3) is 0.722. The molecule has 0 saturated carbocycles. The molecule has 1 rings (SSSR count). The molecule has 0 unspecified atom stereocenters. The number of ether oxygens (including phenoxy) is 2. The van der Waals surface area contributed by atoms with E-state index in [0.29, 0.717) is 0 Å². The summed E-state index contributed by atoms with van der Waals surface area (Å²) in [5, 5.41) is 12.5. The van der Waals surface area contributed by atoms with E-state index < -0.39 is 41.6 Å². The summed E-state index contributed by atoms with van der Waals surface area (Å²) in [6, 6.07) is 0. The number of imidazole rings is 1. The second-order valence-electron chi connectivity index (χ2n) is 7.71. The number of nitrogens with one attached hydrogen (secondary N) is 1. The lowest BCUT2D eigenvalue weighted by Gasteiger charge is -2.30. The lowest BCUT2D eigenvalue weighted by molar-refractivity contribution is -0.271. The molecule has 1 aromatic rings. The maximum absolute atomic E-state index is 13.5. The van der Waals surface area contributed by atoms with Crippen LogP contribution in [0, 0.1) is 0 Å². The predicted molar refractivity (Wildman–Crippen MR) is 100 cm³/mol. The highest BCUT2D eigenvalue weighted by molar-refractivity contribution is 5.77. The van der Waals surface area contributed by atoms with Gasteiger partial charge in [-0.1, -0.05) is 0 Å². The molecule has 2 amide bonds. The largest absolute Gasteiger partial charge is 0.444 e. The molecule has 0 spiro atoms. The maximum atomic E-state index is 13.5. The van der Waals surface area contributed by atoms with Gasteiger partial charge in [-0.05, 0) is 20.8 Å². The summed E-state index contributed by atoms with van der Waals surface area (Å²) in [4.78, 5) is 29.2. The minimum Gasteiger partial charge on any atom is -0.444 e. The first kappa shape index (κ1) is 25.7. The SMILES string of the molecule is COCCN(CCNC(=O)C[C@@](O)(c1nccn1C)C(F)(F)F)C(=O)OC(C)(C)C. The molecule has 0 aromatic carbocycles. The number of methoxy groups -OCH3 is 1. The summed E-state index contributed by atoms with van der Waals surface area (Å²) in [6.45, 7) is 5.29. The Hall–Kier alpha value is -2.34. The third-order valence-corrected chi connectivity index (χ3v) is 4.00. The average molecular weight is 438 g/mol. The molecule has 2 N–H and O–H groups in total. The van der Waals surface area contributed by atoms with Crippen LogP contribution in [0.15, 0.2) is 12.4 Å². The van der Waals surface area contributed by atoms with Gasteiger partial charge >= 0.3 is 12.3 Å². The Morgan fingerprint density at radius 2 is 1.90 bits per heavy atom. The predicted octanol–water partition coefficient (Wildman–Crippen LogP) is 1.56. The van der Waals surface area contributed by atoms with E-state index in [1.165, 1.54) is 25.3 Å². The van der Waals surface area contributed by atoms with Gasteiger partial charge in [0.05, 0.1) is 13.0 Å². The zero-order valence-electron chi connectivity index (χ0n) is 17.7. The molecule has 12 heteroatoms. The molecule has 9 nitrogen and oxygen atoms in total. The Morgan fingerprint density at radius 1 is 1.27 bits per heavy atom. The first-order chi connectivity index (χ1) is 13.7. The fourth-order valence-electron chi connectivity index (χ4n) is 2.52. The number of amides is 2. The summed E-state index contributed by atoms with van der Waals surface area (Å²) < 4.78 is 51.7. The van der Waals surface area contributed by atoms with Gasteiger partial charge < -0.3 is 29.4 Å². The molecule has 1 heterocycles. The van der Waals surface area contributed by atoms with Gasteiger partial charge in [0.25, 0.3) is 0 Å². The van der Waals surface area contributed by atoms with Crippen LogP contribution in [0.2, 0.25) is 0 Å². The number of alkyl halides is 3. The Labute approximate surface area is 173 Å². The maximum Gasteiger partial charge on any atom is 0.425 e. The fourth-order valence-corrected chi connectivity index (χ4v) is 2.52. The zero-order valence-corrected chi connectivity index (χ0v) is 17.7. The van der Waals surface area contributed by atoms with Crippen LogP contribution in [0.4, 0.5) is 18.0 Å². The van der Waals surface area contributed by atoms with E-state index in [2.05, 4.69) is 10.3 Å². The van der Waals surface area contributed by atoms with Crippen molar-refractivity contribution < 1.29 is 37.3 Å². The molecule has 0 aliphatic heterocycles. The molecule has 0 fully saturated rings. The number of rotatable bonds is 9. The van der Waals surface area contributed by atoms with E-state index in [9.17, 15) is 27.9 Å². The molecule has 0 bridgehead atoms. The van der Waals surface area contributed by atoms with Gasteiger partial charge in [-0.25, -0.2) is 9.78 Å². The van der Waals surface area contributed by atoms with Crippen molar-refractivity contribution in [3.63, 3.8) is 0 Å². The second-order valence-corrected chi connectivity index (χ2v) is 7.71. The highest BCUT2D eigenvalue weighted by atomic mass is 19.4.